The highest BCUT2D eigenvalue weighted by Crippen LogP contribution is 2.45. The highest BCUT2D eigenvalue weighted by atomic mass is 16.5. The number of hydrogen-bond acceptors (Lipinski definition) is 3. The number of hydrogen-bond donors (Lipinski definition) is 1. The van der Waals surface area contributed by atoms with E-state index in [-0.39, 0.29) is 6.42 Å². The van der Waals surface area contributed by atoms with Crippen LogP contribution in [0.2, 0.25) is 0 Å². The summed E-state index contributed by atoms with van der Waals surface area (Å²) >= 11 is 0. The van der Waals surface area contributed by atoms with E-state index in [2.05, 4.69) is 31.2 Å². The first-order chi connectivity index (χ1) is 11.7. The number of aliphatic carboxylic acids is 1. The lowest BCUT2D eigenvalue weighted by Gasteiger charge is -2.26. The maximum Gasteiger partial charge on any atom is 0.303 e. The van der Waals surface area contributed by atoms with Gasteiger partial charge in [-0.1, -0.05) is 37.6 Å². The molecular formula is C20H32O4. The number of ether oxygens (including phenoxy) is 2. The normalized spacial score (nSPS) is 29.2. The minimum Gasteiger partial charge on any atom is -0.481 e. The Morgan fingerprint density at radius 1 is 1.12 bits per heavy atom. The molecule has 136 valence electrons. The van der Waals surface area contributed by atoms with Crippen molar-refractivity contribution < 1.29 is 19.4 Å². The van der Waals surface area contributed by atoms with E-state index in [9.17, 15) is 4.79 Å². The van der Waals surface area contributed by atoms with E-state index in [4.69, 9.17) is 14.6 Å². The van der Waals surface area contributed by atoms with Gasteiger partial charge in [-0.25, -0.2) is 0 Å². The Kier molecular flexibility index (Phi) is 8.54. The van der Waals surface area contributed by atoms with Crippen LogP contribution >= 0.6 is 0 Å². The summed E-state index contributed by atoms with van der Waals surface area (Å²) < 4.78 is 12.0. The first-order valence-corrected chi connectivity index (χ1v) is 9.47. The van der Waals surface area contributed by atoms with Crippen LogP contribution in [0, 0.1) is 11.8 Å². The molecule has 0 amide bonds. The van der Waals surface area contributed by atoms with Crippen LogP contribution in [0.5, 0.6) is 0 Å². The van der Waals surface area contributed by atoms with Gasteiger partial charge in [-0.2, -0.15) is 0 Å². The summed E-state index contributed by atoms with van der Waals surface area (Å²) in [6, 6.07) is 0. The third-order valence-electron chi connectivity index (χ3n) is 5.07. The van der Waals surface area contributed by atoms with Gasteiger partial charge in [-0.3, -0.25) is 4.79 Å². The first kappa shape index (κ1) is 19.2. The summed E-state index contributed by atoms with van der Waals surface area (Å²) in [6.45, 7) is 3.67. The van der Waals surface area contributed by atoms with Gasteiger partial charge in [-0.15, -0.1) is 0 Å². The van der Waals surface area contributed by atoms with Crippen molar-refractivity contribution in [2.45, 2.75) is 70.5 Å². The monoisotopic (exact) mass is 336 g/mol. The van der Waals surface area contributed by atoms with Gasteiger partial charge in [-0.05, 0) is 44.4 Å². The molecule has 2 fully saturated rings. The Morgan fingerprint density at radius 3 is 2.62 bits per heavy atom. The zero-order valence-electron chi connectivity index (χ0n) is 14.9. The van der Waals surface area contributed by atoms with E-state index in [1.165, 1.54) is 19.3 Å². The molecule has 1 N–H and O–H groups in total. The molecule has 2 heterocycles. The van der Waals surface area contributed by atoms with Crippen LogP contribution < -0.4 is 0 Å². The minimum absolute atomic E-state index is 0.254. The molecule has 0 aliphatic carbocycles. The van der Waals surface area contributed by atoms with Crippen molar-refractivity contribution in [3.05, 3.63) is 24.3 Å². The molecule has 2 bridgehead atoms. The molecule has 2 aliphatic heterocycles. The molecule has 0 unspecified atom stereocenters. The van der Waals surface area contributed by atoms with E-state index in [0.717, 1.165) is 32.3 Å². The summed E-state index contributed by atoms with van der Waals surface area (Å²) in [5.74, 6) is 0.348. The average molecular weight is 336 g/mol. The zero-order valence-corrected chi connectivity index (χ0v) is 14.9. The predicted octanol–water partition coefficient (Wildman–Crippen LogP) is 4.35. The van der Waals surface area contributed by atoms with Crippen molar-refractivity contribution in [1.29, 1.82) is 0 Å². The van der Waals surface area contributed by atoms with E-state index < -0.39 is 5.97 Å². The Morgan fingerprint density at radius 2 is 1.88 bits per heavy atom. The highest BCUT2D eigenvalue weighted by Gasteiger charge is 2.47. The number of carboxylic acids is 1. The number of carbonyl (C=O) groups is 1. The molecule has 2 aliphatic rings. The van der Waals surface area contributed by atoms with Gasteiger partial charge in [0.2, 0.25) is 0 Å². The van der Waals surface area contributed by atoms with Crippen LogP contribution in [0.15, 0.2) is 24.3 Å². The standard InChI is InChI=1S/C20H32O4/c1-2-3-4-9-14-23-15-17-16(18-12-13-19(17)24-18)10-7-5-6-8-11-20(21)22/h4-5,7,9,16-19H,2-3,6,8,10-15H2,1H3,(H,21,22)/b7-5-,9-4-/t16-,17+,18-,19+/m1/s1. The van der Waals surface area contributed by atoms with Gasteiger partial charge in [0.15, 0.2) is 0 Å². The molecule has 4 atom stereocenters. The number of fused-ring (bicyclic) bond motifs is 2. The zero-order chi connectivity index (χ0) is 17.2. The molecule has 24 heavy (non-hydrogen) atoms. The number of rotatable bonds is 12. The molecule has 0 aromatic carbocycles. The van der Waals surface area contributed by atoms with Crippen LogP contribution in [0.1, 0.15) is 58.3 Å². The maximum atomic E-state index is 10.5. The second kappa shape index (κ2) is 10.7. The number of allylic oxidation sites excluding steroid dienone is 3. The molecular weight excluding hydrogens is 304 g/mol. The molecule has 0 spiro atoms. The van der Waals surface area contributed by atoms with Gasteiger partial charge in [0, 0.05) is 12.3 Å². The molecule has 0 radical (unpaired) electrons. The summed E-state index contributed by atoms with van der Waals surface area (Å²) in [7, 11) is 0. The van der Waals surface area contributed by atoms with Crippen molar-refractivity contribution in [1.82, 2.24) is 0 Å². The molecule has 0 aromatic rings. The molecule has 0 saturated carbocycles. The van der Waals surface area contributed by atoms with Crippen LogP contribution in [0.3, 0.4) is 0 Å². The SMILES string of the molecule is CCC/C=C\COC[C@H]1[C@@H](C/C=C\CCCC(=O)O)[C@H]2CC[C@@H]1O2. The predicted molar refractivity (Wildman–Crippen MR) is 95.0 cm³/mol. The Labute approximate surface area is 145 Å². The summed E-state index contributed by atoms with van der Waals surface area (Å²) in [6.07, 6.45) is 16.9. The van der Waals surface area contributed by atoms with Gasteiger partial charge in [0.05, 0.1) is 25.4 Å². The lowest BCUT2D eigenvalue weighted by molar-refractivity contribution is -0.137. The van der Waals surface area contributed by atoms with E-state index in [0.29, 0.717) is 30.7 Å². The largest absolute Gasteiger partial charge is 0.481 e. The third-order valence-corrected chi connectivity index (χ3v) is 5.07. The van der Waals surface area contributed by atoms with Crippen LogP contribution in [0.25, 0.3) is 0 Å². The number of unbranched alkanes of at least 4 members (excludes halogenated alkanes) is 2. The average Bonchev–Trinajstić information content (AvgIpc) is 3.15. The van der Waals surface area contributed by atoms with Crippen molar-refractivity contribution >= 4 is 5.97 Å². The fourth-order valence-electron chi connectivity index (χ4n) is 3.80. The van der Waals surface area contributed by atoms with E-state index in [1.54, 1.807) is 0 Å². The molecule has 4 heteroatoms. The molecule has 4 nitrogen and oxygen atoms in total. The molecule has 2 saturated heterocycles. The van der Waals surface area contributed by atoms with Gasteiger partial charge >= 0.3 is 5.97 Å². The molecule has 0 aromatic heterocycles. The number of carboxylic acid groups (broad SMARTS) is 1. The Bertz CT molecular complexity index is 429. The topological polar surface area (TPSA) is 55.8 Å². The maximum absolute atomic E-state index is 10.5. The fourth-order valence-corrected chi connectivity index (χ4v) is 3.80. The summed E-state index contributed by atoms with van der Waals surface area (Å²) in [4.78, 5) is 10.5. The van der Waals surface area contributed by atoms with Crippen molar-refractivity contribution in [3.63, 3.8) is 0 Å². The Balaban J connectivity index is 1.69. The minimum atomic E-state index is -0.713. The lowest BCUT2D eigenvalue weighted by atomic mass is 9.78. The van der Waals surface area contributed by atoms with Crippen molar-refractivity contribution in [2.24, 2.45) is 11.8 Å². The van der Waals surface area contributed by atoms with Gasteiger partial charge in [0.25, 0.3) is 0 Å². The highest BCUT2D eigenvalue weighted by molar-refractivity contribution is 5.66. The van der Waals surface area contributed by atoms with Gasteiger partial charge < -0.3 is 14.6 Å². The summed E-state index contributed by atoms with van der Waals surface area (Å²) in [5, 5.41) is 8.64. The third kappa shape index (κ3) is 6.06. The van der Waals surface area contributed by atoms with Gasteiger partial charge in [0.1, 0.15) is 0 Å². The second-order valence-corrected chi connectivity index (χ2v) is 6.91. The second-order valence-electron chi connectivity index (χ2n) is 6.91. The van der Waals surface area contributed by atoms with Crippen LogP contribution in [0.4, 0.5) is 0 Å². The van der Waals surface area contributed by atoms with E-state index >= 15 is 0 Å². The quantitative estimate of drug-likeness (QED) is 0.425. The van der Waals surface area contributed by atoms with Crippen molar-refractivity contribution in [3.8, 4) is 0 Å². The Hall–Kier alpha value is -1.13. The van der Waals surface area contributed by atoms with E-state index in [1.807, 2.05) is 0 Å². The molecule has 2 rings (SSSR count). The fraction of sp³-hybridized carbons (Fsp3) is 0.750. The summed E-state index contributed by atoms with van der Waals surface area (Å²) in [5.41, 5.74) is 0. The van der Waals surface area contributed by atoms with Crippen molar-refractivity contribution in [2.75, 3.05) is 13.2 Å². The van der Waals surface area contributed by atoms with Crippen LogP contribution in [-0.4, -0.2) is 36.5 Å². The lowest BCUT2D eigenvalue weighted by Crippen LogP contribution is -2.30. The first-order valence-electron chi connectivity index (χ1n) is 9.47. The van der Waals surface area contributed by atoms with Crippen LogP contribution in [-0.2, 0) is 14.3 Å². The smallest absolute Gasteiger partial charge is 0.303 e.